The molecule has 7 nitrogen and oxygen atoms in total. The van der Waals surface area contributed by atoms with Gasteiger partial charge in [-0.25, -0.2) is 5.43 Å². The highest BCUT2D eigenvalue weighted by Crippen LogP contribution is 2.28. The standard InChI is InChI=1S/C17H13F3N6O/c18-17(19,20)14-8-6-12(7-9-14)10-21-22-15(27)11-26-24-16(23-25-26)13-4-2-1-3-5-13/h1-10H,11H2,(H,22,27)/b21-10+. The van der Waals surface area contributed by atoms with Crippen LogP contribution in [0.5, 0.6) is 0 Å². The molecule has 0 aliphatic heterocycles. The number of aromatic nitrogens is 4. The fraction of sp³-hybridized carbons (Fsp3) is 0.118. The Morgan fingerprint density at radius 3 is 2.48 bits per heavy atom. The van der Waals surface area contributed by atoms with E-state index in [1.54, 1.807) is 0 Å². The normalized spacial score (nSPS) is 11.7. The van der Waals surface area contributed by atoms with E-state index in [9.17, 15) is 18.0 Å². The van der Waals surface area contributed by atoms with E-state index < -0.39 is 17.6 Å². The first-order chi connectivity index (χ1) is 12.9. The van der Waals surface area contributed by atoms with E-state index >= 15 is 0 Å². The molecule has 0 radical (unpaired) electrons. The third-order valence-electron chi connectivity index (χ3n) is 3.41. The maximum atomic E-state index is 12.5. The highest BCUT2D eigenvalue weighted by Gasteiger charge is 2.29. The number of benzene rings is 2. The molecule has 0 unspecified atom stereocenters. The van der Waals surface area contributed by atoms with Gasteiger partial charge in [-0.2, -0.15) is 23.1 Å². The minimum absolute atomic E-state index is 0.204. The number of tetrazole rings is 1. The molecule has 1 aromatic heterocycles. The molecule has 0 aliphatic rings. The third kappa shape index (κ3) is 4.97. The lowest BCUT2D eigenvalue weighted by Gasteiger charge is -2.05. The minimum Gasteiger partial charge on any atom is -0.271 e. The molecule has 0 saturated heterocycles. The van der Waals surface area contributed by atoms with Crippen LogP contribution in [-0.2, 0) is 17.5 Å². The summed E-state index contributed by atoms with van der Waals surface area (Å²) in [5, 5.41) is 15.4. The number of hydrogen-bond donors (Lipinski definition) is 1. The first kappa shape index (κ1) is 18.2. The molecule has 2 aromatic carbocycles. The Hall–Kier alpha value is -3.56. The largest absolute Gasteiger partial charge is 0.416 e. The van der Waals surface area contributed by atoms with Gasteiger partial charge in [0.2, 0.25) is 5.82 Å². The summed E-state index contributed by atoms with van der Waals surface area (Å²) in [6, 6.07) is 13.5. The van der Waals surface area contributed by atoms with Crippen LogP contribution in [0.25, 0.3) is 11.4 Å². The number of alkyl halides is 3. The van der Waals surface area contributed by atoms with E-state index in [-0.39, 0.29) is 6.54 Å². The number of rotatable bonds is 5. The lowest BCUT2D eigenvalue weighted by atomic mass is 10.1. The molecular weight excluding hydrogens is 361 g/mol. The summed E-state index contributed by atoms with van der Waals surface area (Å²) < 4.78 is 37.5. The van der Waals surface area contributed by atoms with Crippen LogP contribution in [0.4, 0.5) is 13.2 Å². The van der Waals surface area contributed by atoms with E-state index in [1.165, 1.54) is 18.3 Å². The van der Waals surface area contributed by atoms with Crippen molar-refractivity contribution in [1.29, 1.82) is 0 Å². The molecule has 0 saturated carbocycles. The SMILES string of the molecule is O=C(Cn1nnc(-c2ccccc2)n1)N/N=C/c1ccc(C(F)(F)F)cc1. The summed E-state index contributed by atoms with van der Waals surface area (Å²) in [4.78, 5) is 12.9. The zero-order valence-electron chi connectivity index (χ0n) is 13.8. The van der Waals surface area contributed by atoms with Gasteiger partial charge in [0.25, 0.3) is 5.91 Å². The second kappa shape index (κ2) is 7.77. The summed E-state index contributed by atoms with van der Waals surface area (Å²) in [5.74, 6) is -0.119. The molecular formula is C17H13F3N6O. The van der Waals surface area contributed by atoms with Crippen LogP contribution in [0.15, 0.2) is 59.7 Å². The lowest BCUT2D eigenvalue weighted by Crippen LogP contribution is -2.24. The van der Waals surface area contributed by atoms with Crippen molar-refractivity contribution in [1.82, 2.24) is 25.6 Å². The molecule has 0 fully saturated rings. The average Bonchev–Trinajstić information content (AvgIpc) is 3.10. The molecule has 3 rings (SSSR count). The predicted molar refractivity (Wildman–Crippen MR) is 90.4 cm³/mol. The van der Waals surface area contributed by atoms with Crippen molar-refractivity contribution < 1.29 is 18.0 Å². The first-order valence-corrected chi connectivity index (χ1v) is 7.74. The number of nitrogens with zero attached hydrogens (tertiary/aromatic N) is 5. The molecule has 1 N–H and O–H groups in total. The fourth-order valence-corrected chi connectivity index (χ4v) is 2.11. The van der Waals surface area contributed by atoms with Crippen LogP contribution in [0.2, 0.25) is 0 Å². The van der Waals surface area contributed by atoms with Gasteiger partial charge in [-0.15, -0.1) is 10.2 Å². The third-order valence-corrected chi connectivity index (χ3v) is 3.41. The molecule has 10 heteroatoms. The molecule has 3 aromatic rings. The van der Waals surface area contributed by atoms with E-state index in [0.717, 1.165) is 22.5 Å². The number of halogens is 3. The van der Waals surface area contributed by atoms with Crippen molar-refractivity contribution in [3.8, 4) is 11.4 Å². The fourth-order valence-electron chi connectivity index (χ4n) is 2.11. The molecule has 138 valence electrons. The van der Waals surface area contributed by atoms with Crippen LogP contribution < -0.4 is 5.43 Å². The van der Waals surface area contributed by atoms with Gasteiger partial charge < -0.3 is 0 Å². The highest BCUT2D eigenvalue weighted by atomic mass is 19.4. The molecule has 0 spiro atoms. The van der Waals surface area contributed by atoms with Gasteiger partial charge in [-0.3, -0.25) is 4.79 Å². The molecule has 0 bridgehead atoms. The van der Waals surface area contributed by atoms with E-state index in [1.807, 2.05) is 30.3 Å². The maximum absolute atomic E-state index is 12.5. The van der Waals surface area contributed by atoms with Crippen LogP contribution in [-0.4, -0.2) is 32.3 Å². The Morgan fingerprint density at radius 1 is 1.11 bits per heavy atom. The van der Waals surface area contributed by atoms with Gasteiger partial charge in [-0.1, -0.05) is 42.5 Å². The second-order valence-electron chi connectivity index (χ2n) is 5.42. The first-order valence-electron chi connectivity index (χ1n) is 7.74. The zero-order chi connectivity index (χ0) is 19.3. The quantitative estimate of drug-likeness (QED) is 0.549. The van der Waals surface area contributed by atoms with Gasteiger partial charge in [0.15, 0.2) is 0 Å². The summed E-state index contributed by atoms with van der Waals surface area (Å²) in [6.07, 6.45) is -3.16. The topological polar surface area (TPSA) is 85.1 Å². The summed E-state index contributed by atoms with van der Waals surface area (Å²) in [5.41, 5.74) is 2.68. The Balaban J connectivity index is 1.54. The molecule has 0 aliphatic carbocycles. The Morgan fingerprint density at radius 2 is 1.81 bits per heavy atom. The molecule has 1 heterocycles. The Bertz CT molecular complexity index is 935. The smallest absolute Gasteiger partial charge is 0.271 e. The van der Waals surface area contributed by atoms with E-state index in [0.29, 0.717) is 11.4 Å². The number of carbonyl (C=O) groups is 1. The van der Waals surface area contributed by atoms with Crippen molar-refractivity contribution in [2.45, 2.75) is 12.7 Å². The second-order valence-corrected chi connectivity index (χ2v) is 5.42. The number of hydrazone groups is 1. The van der Waals surface area contributed by atoms with Gasteiger partial charge in [0, 0.05) is 5.56 Å². The zero-order valence-corrected chi connectivity index (χ0v) is 13.8. The summed E-state index contributed by atoms with van der Waals surface area (Å²) >= 11 is 0. The van der Waals surface area contributed by atoms with E-state index in [2.05, 4.69) is 25.9 Å². The van der Waals surface area contributed by atoms with Crippen LogP contribution in [0.3, 0.4) is 0 Å². The number of nitrogens with one attached hydrogen (secondary N) is 1. The van der Waals surface area contributed by atoms with Gasteiger partial charge in [-0.05, 0) is 22.9 Å². The van der Waals surface area contributed by atoms with Crippen LogP contribution >= 0.6 is 0 Å². The number of hydrogen-bond acceptors (Lipinski definition) is 5. The van der Waals surface area contributed by atoms with Gasteiger partial charge in [0.05, 0.1) is 11.8 Å². The van der Waals surface area contributed by atoms with E-state index in [4.69, 9.17) is 0 Å². The maximum Gasteiger partial charge on any atom is 0.416 e. The average molecular weight is 374 g/mol. The Labute approximate surface area is 151 Å². The number of carbonyl (C=O) groups excluding carboxylic acids is 1. The van der Waals surface area contributed by atoms with Gasteiger partial charge in [0.1, 0.15) is 6.54 Å². The highest BCUT2D eigenvalue weighted by molar-refractivity contribution is 5.82. The number of amides is 1. The van der Waals surface area contributed by atoms with Crippen molar-refractivity contribution in [3.63, 3.8) is 0 Å². The molecule has 27 heavy (non-hydrogen) atoms. The van der Waals surface area contributed by atoms with Crippen molar-refractivity contribution in [2.24, 2.45) is 5.10 Å². The predicted octanol–water partition coefficient (Wildman–Crippen LogP) is 2.51. The molecule has 1 amide bonds. The molecule has 0 atom stereocenters. The van der Waals surface area contributed by atoms with Crippen molar-refractivity contribution in [2.75, 3.05) is 0 Å². The van der Waals surface area contributed by atoms with Crippen molar-refractivity contribution >= 4 is 12.1 Å². The lowest BCUT2D eigenvalue weighted by molar-refractivity contribution is -0.137. The minimum atomic E-state index is -4.40. The Kier molecular flexibility index (Phi) is 5.25. The van der Waals surface area contributed by atoms with Crippen LogP contribution in [0.1, 0.15) is 11.1 Å². The van der Waals surface area contributed by atoms with Crippen molar-refractivity contribution in [3.05, 3.63) is 65.7 Å². The summed E-state index contributed by atoms with van der Waals surface area (Å²) in [7, 11) is 0. The monoisotopic (exact) mass is 374 g/mol. The van der Waals surface area contributed by atoms with Crippen LogP contribution in [0, 0.1) is 0 Å². The van der Waals surface area contributed by atoms with Gasteiger partial charge >= 0.3 is 6.18 Å². The summed E-state index contributed by atoms with van der Waals surface area (Å²) in [6.45, 7) is -0.204.